The molecule has 0 radical (unpaired) electrons. The van der Waals surface area contributed by atoms with E-state index in [0.717, 1.165) is 41.5 Å². The van der Waals surface area contributed by atoms with Crippen LogP contribution >= 0.6 is 12.2 Å². The van der Waals surface area contributed by atoms with Crippen molar-refractivity contribution in [3.63, 3.8) is 0 Å². The first-order valence-electron chi connectivity index (χ1n) is 7.31. The fraction of sp³-hybridized carbons (Fsp3) is 0.353. The number of benzene rings is 2. The van der Waals surface area contributed by atoms with Gasteiger partial charge in [-0.15, -0.1) is 0 Å². The molecule has 4 heteroatoms. The van der Waals surface area contributed by atoms with Crippen LogP contribution in [0, 0.1) is 0 Å². The van der Waals surface area contributed by atoms with Crippen LogP contribution in [-0.4, -0.2) is 24.3 Å². The Balaban J connectivity index is 1.85. The van der Waals surface area contributed by atoms with Crippen molar-refractivity contribution in [2.45, 2.75) is 25.4 Å². The molecule has 1 atom stereocenters. The van der Waals surface area contributed by atoms with Crippen molar-refractivity contribution in [1.29, 1.82) is 0 Å². The van der Waals surface area contributed by atoms with Crippen LogP contribution in [0.3, 0.4) is 0 Å². The molecule has 2 aromatic carbocycles. The van der Waals surface area contributed by atoms with E-state index < -0.39 is 0 Å². The average molecular weight is 301 g/mol. The van der Waals surface area contributed by atoms with Gasteiger partial charge in [0.1, 0.15) is 17.3 Å². The van der Waals surface area contributed by atoms with Crippen LogP contribution in [0.25, 0.3) is 10.8 Å². The first-order valence-corrected chi connectivity index (χ1v) is 7.72. The van der Waals surface area contributed by atoms with E-state index in [4.69, 9.17) is 27.4 Å². The Morgan fingerprint density at radius 1 is 1.19 bits per heavy atom. The van der Waals surface area contributed by atoms with Crippen molar-refractivity contribution in [2.24, 2.45) is 5.73 Å². The van der Waals surface area contributed by atoms with Gasteiger partial charge in [-0.3, -0.25) is 0 Å². The Morgan fingerprint density at radius 3 is 2.71 bits per heavy atom. The molecule has 1 saturated heterocycles. The highest BCUT2D eigenvalue weighted by Gasteiger charge is 2.15. The molecule has 0 aromatic heterocycles. The first kappa shape index (κ1) is 14.3. The fourth-order valence-corrected chi connectivity index (χ4v) is 2.91. The molecular formula is C17H19NO2S. The Labute approximate surface area is 130 Å². The minimum atomic E-state index is 0.202. The number of nitrogens with two attached hydrogens (primary N) is 1. The molecule has 1 unspecified atom stereocenters. The molecule has 0 bridgehead atoms. The number of ether oxygens (including phenoxy) is 2. The third kappa shape index (κ3) is 3.17. The van der Waals surface area contributed by atoms with Gasteiger partial charge in [-0.1, -0.05) is 36.5 Å². The standard InChI is InChI=1S/C17H19NO2S/c18-17(21)15-8-9-16(14-7-2-1-6-13(14)15)20-11-12-5-3-4-10-19-12/h1-2,6-9,12H,3-5,10-11H2,(H2,18,21). The average Bonchev–Trinajstić information content (AvgIpc) is 2.53. The summed E-state index contributed by atoms with van der Waals surface area (Å²) in [5.74, 6) is 0.861. The molecule has 3 rings (SSSR count). The molecule has 0 saturated carbocycles. The largest absolute Gasteiger partial charge is 0.490 e. The van der Waals surface area contributed by atoms with Crippen LogP contribution in [-0.2, 0) is 4.74 Å². The van der Waals surface area contributed by atoms with E-state index in [0.29, 0.717) is 11.6 Å². The predicted molar refractivity (Wildman–Crippen MR) is 88.9 cm³/mol. The molecular weight excluding hydrogens is 282 g/mol. The van der Waals surface area contributed by atoms with Gasteiger partial charge in [0.25, 0.3) is 0 Å². The highest BCUT2D eigenvalue weighted by molar-refractivity contribution is 7.80. The van der Waals surface area contributed by atoms with Crippen LogP contribution in [0.1, 0.15) is 24.8 Å². The lowest BCUT2D eigenvalue weighted by Gasteiger charge is -2.23. The number of fused-ring (bicyclic) bond motifs is 1. The van der Waals surface area contributed by atoms with Crippen molar-refractivity contribution in [1.82, 2.24) is 0 Å². The van der Waals surface area contributed by atoms with Crippen molar-refractivity contribution in [3.05, 3.63) is 42.0 Å². The minimum Gasteiger partial charge on any atom is -0.490 e. The van der Waals surface area contributed by atoms with Crippen molar-refractivity contribution in [3.8, 4) is 5.75 Å². The summed E-state index contributed by atoms with van der Waals surface area (Å²) in [5.41, 5.74) is 6.68. The third-order valence-corrected chi connectivity index (χ3v) is 4.07. The van der Waals surface area contributed by atoms with E-state index in [1.165, 1.54) is 6.42 Å². The Morgan fingerprint density at radius 2 is 2.00 bits per heavy atom. The molecule has 3 nitrogen and oxygen atoms in total. The zero-order valence-corrected chi connectivity index (χ0v) is 12.7. The van der Waals surface area contributed by atoms with Gasteiger partial charge in [-0.05, 0) is 36.8 Å². The van der Waals surface area contributed by atoms with Gasteiger partial charge in [0.2, 0.25) is 0 Å². The Hall–Kier alpha value is -1.65. The number of rotatable bonds is 4. The summed E-state index contributed by atoms with van der Waals surface area (Å²) >= 11 is 5.12. The number of hydrogen-bond donors (Lipinski definition) is 1. The van der Waals surface area contributed by atoms with Crippen LogP contribution in [0.15, 0.2) is 36.4 Å². The molecule has 1 fully saturated rings. The predicted octanol–water partition coefficient (Wildman–Crippen LogP) is 3.42. The monoisotopic (exact) mass is 301 g/mol. The zero-order valence-electron chi connectivity index (χ0n) is 11.9. The molecule has 0 aliphatic carbocycles. The summed E-state index contributed by atoms with van der Waals surface area (Å²) in [5, 5.41) is 2.07. The van der Waals surface area contributed by atoms with Gasteiger partial charge in [0.05, 0.1) is 6.10 Å². The summed E-state index contributed by atoms with van der Waals surface area (Å²) in [6, 6.07) is 11.9. The lowest BCUT2D eigenvalue weighted by atomic mass is 10.0. The molecule has 1 aliphatic rings. The lowest BCUT2D eigenvalue weighted by Crippen LogP contribution is -2.25. The second-order valence-electron chi connectivity index (χ2n) is 5.32. The molecule has 2 N–H and O–H groups in total. The summed E-state index contributed by atoms with van der Waals surface area (Å²) in [4.78, 5) is 0.411. The van der Waals surface area contributed by atoms with Crippen molar-refractivity contribution < 1.29 is 9.47 Å². The van der Waals surface area contributed by atoms with Crippen LogP contribution in [0.2, 0.25) is 0 Å². The summed E-state index contributed by atoms with van der Waals surface area (Å²) in [7, 11) is 0. The fourth-order valence-electron chi connectivity index (χ4n) is 2.73. The molecule has 0 spiro atoms. The van der Waals surface area contributed by atoms with Crippen LogP contribution in [0.5, 0.6) is 5.75 Å². The number of hydrogen-bond acceptors (Lipinski definition) is 3. The first-order chi connectivity index (χ1) is 10.3. The van der Waals surface area contributed by atoms with Gasteiger partial charge in [0, 0.05) is 17.6 Å². The quantitative estimate of drug-likeness (QED) is 0.879. The second-order valence-corrected chi connectivity index (χ2v) is 5.76. The molecule has 1 heterocycles. The van der Waals surface area contributed by atoms with Gasteiger partial charge >= 0.3 is 0 Å². The maximum Gasteiger partial charge on any atom is 0.127 e. The Kier molecular flexibility index (Phi) is 4.36. The zero-order chi connectivity index (χ0) is 14.7. The van der Waals surface area contributed by atoms with Crippen LogP contribution in [0.4, 0.5) is 0 Å². The van der Waals surface area contributed by atoms with E-state index in [1.54, 1.807) is 0 Å². The SMILES string of the molecule is NC(=S)c1ccc(OCC2CCCCO2)c2ccccc12. The van der Waals surface area contributed by atoms with Crippen LogP contribution < -0.4 is 10.5 Å². The number of thiocarbonyl (C=S) groups is 1. The normalized spacial score (nSPS) is 18.6. The molecule has 0 amide bonds. The van der Waals surface area contributed by atoms with Crippen molar-refractivity contribution >= 4 is 28.0 Å². The Bertz CT molecular complexity index is 650. The van der Waals surface area contributed by atoms with E-state index in [-0.39, 0.29) is 6.10 Å². The third-order valence-electron chi connectivity index (χ3n) is 3.85. The summed E-state index contributed by atoms with van der Waals surface area (Å²) in [6.07, 6.45) is 3.65. The molecule has 1 aliphatic heterocycles. The van der Waals surface area contributed by atoms with Gasteiger partial charge in [-0.2, -0.15) is 0 Å². The van der Waals surface area contributed by atoms with E-state index >= 15 is 0 Å². The minimum absolute atomic E-state index is 0.202. The highest BCUT2D eigenvalue weighted by atomic mass is 32.1. The van der Waals surface area contributed by atoms with E-state index in [1.807, 2.05) is 36.4 Å². The van der Waals surface area contributed by atoms with E-state index in [9.17, 15) is 0 Å². The highest BCUT2D eigenvalue weighted by Crippen LogP contribution is 2.29. The van der Waals surface area contributed by atoms with Gasteiger partial charge in [0.15, 0.2) is 0 Å². The summed E-state index contributed by atoms with van der Waals surface area (Å²) in [6.45, 7) is 1.44. The maximum atomic E-state index is 5.98. The molecule has 110 valence electrons. The topological polar surface area (TPSA) is 44.5 Å². The van der Waals surface area contributed by atoms with Gasteiger partial charge in [-0.25, -0.2) is 0 Å². The maximum absolute atomic E-state index is 5.98. The van der Waals surface area contributed by atoms with Crippen molar-refractivity contribution in [2.75, 3.05) is 13.2 Å². The smallest absolute Gasteiger partial charge is 0.127 e. The second kappa shape index (κ2) is 6.41. The lowest BCUT2D eigenvalue weighted by molar-refractivity contribution is -0.0107. The summed E-state index contributed by atoms with van der Waals surface area (Å²) < 4.78 is 11.7. The van der Waals surface area contributed by atoms with Gasteiger partial charge < -0.3 is 15.2 Å². The molecule has 2 aromatic rings. The van der Waals surface area contributed by atoms with E-state index in [2.05, 4.69) is 0 Å². The molecule has 21 heavy (non-hydrogen) atoms.